The predicted molar refractivity (Wildman–Crippen MR) is 75.7 cm³/mol. The van der Waals surface area contributed by atoms with Gasteiger partial charge in [0, 0.05) is 10.4 Å². The average molecular weight is 268 g/mol. The number of aryl methyl sites for hydroxylation is 2. The first-order valence-electron chi connectivity index (χ1n) is 5.49. The molecule has 0 spiro atoms. The zero-order chi connectivity index (χ0) is 13.0. The van der Waals surface area contributed by atoms with Gasteiger partial charge in [-0.05, 0) is 52.4 Å². The first kappa shape index (κ1) is 12.5. The van der Waals surface area contributed by atoms with Gasteiger partial charge in [0.05, 0.1) is 5.39 Å². The lowest BCUT2D eigenvalue weighted by molar-refractivity contribution is 0.377. The quantitative estimate of drug-likeness (QED) is 0.743. The molecule has 92 valence electrons. The number of hydrogen-bond donors (Lipinski definition) is 1. The summed E-state index contributed by atoms with van der Waals surface area (Å²) < 4.78 is 2.15. The zero-order valence-corrected chi connectivity index (χ0v) is 12.3. The molecule has 0 atom stereocenters. The highest BCUT2D eigenvalue weighted by Crippen LogP contribution is 2.26. The molecule has 3 nitrogen and oxygen atoms in total. The second-order valence-electron chi connectivity index (χ2n) is 5.23. The molecule has 0 bridgehead atoms. The minimum absolute atomic E-state index is 0.0121. The maximum absolute atomic E-state index is 12.5. The highest BCUT2D eigenvalue weighted by atomic mass is 32.1. The number of aromatic amines is 1. The van der Waals surface area contributed by atoms with Gasteiger partial charge >= 0.3 is 0 Å². The minimum atomic E-state index is -0.304. The Morgan fingerprint density at radius 2 is 1.88 bits per heavy atom. The second-order valence-corrected chi connectivity index (χ2v) is 6.84. The predicted octanol–water partition coefficient (Wildman–Crippen LogP) is 3.49. The molecule has 0 fully saturated rings. The van der Waals surface area contributed by atoms with Crippen molar-refractivity contribution >= 4 is 33.8 Å². The molecule has 0 amide bonds. The number of H-pyrrole nitrogens is 1. The SMILES string of the molecule is Cc1sc2[nH]c(=S)n(C(C)(C)C)c(=O)c2c1C. The summed E-state index contributed by atoms with van der Waals surface area (Å²) in [5.41, 5.74) is 0.763. The Hall–Kier alpha value is -0.940. The standard InChI is InChI=1S/C12H16N2OS2/c1-6-7(2)17-9-8(6)10(15)14(11(16)13-9)12(3,4)5/h1-5H3,(H,13,16). The highest BCUT2D eigenvalue weighted by Gasteiger charge is 2.20. The van der Waals surface area contributed by atoms with Crippen LogP contribution >= 0.6 is 23.6 Å². The number of aromatic nitrogens is 2. The van der Waals surface area contributed by atoms with Crippen molar-refractivity contribution in [2.45, 2.75) is 40.2 Å². The minimum Gasteiger partial charge on any atom is -0.323 e. The molecule has 2 rings (SSSR count). The summed E-state index contributed by atoms with van der Waals surface area (Å²) in [6, 6.07) is 0. The molecule has 0 aliphatic carbocycles. The number of hydrogen-bond acceptors (Lipinski definition) is 3. The molecule has 1 N–H and O–H groups in total. The number of fused-ring (bicyclic) bond motifs is 1. The lowest BCUT2D eigenvalue weighted by atomic mass is 10.1. The van der Waals surface area contributed by atoms with E-state index in [-0.39, 0.29) is 11.1 Å². The number of nitrogens with one attached hydrogen (secondary N) is 1. The first-order chi connectivity index (χ1) is 7.73. The van der Waals surface area contributed by atoms with Crippen molar-refractivity contribution in [1.29, 1.82) is 0 Å². The van der Waals surface area contributed by atoms with Gasteiger partial charge in [-0.3, -0.25) is 9.36 Å². The molecule has 0 saturated heterocycles. The third kappa shape index (κ3) is 1.87. The van der Waals surface area contributed by atoms with E-state index in [1.807, 2.05) is 34.6 Å². The van der Waals surface area contributed by atoms with Gasteiger partial charge in [-0.25, -0.2) is 0 Å². The van der Waals surface area contributed by atoms with Crippen molar-refractivity contribution in [1.82, 2.24) is 9.55 Å². The van der Waals surface area contributed by atoms with E-state index in [0.29, 0.717) is 4.77 Å². The molecule has 2 heterocycles. The molecule has 5 heteroatoms. The summed E-state index contributed by atoms with van der Waals surface area (Å²) in [5, 5.41) is 0.774. The third-order valence-corrected chi connectivity index (χ3v) is 4.30. The second kappa shape index (κ2) is 3.78. The van der Waals surface area contributed by atoms with Gasteiger partial charge in [-0.1, -0.05) is 0 Å². The summed E-state index contributed by atoms with van der Waals surface area (Å²) in [6.07, 6.45) is 0. The van der Waals surface area contributed by atoms with E-state index in [4.69, 9.17) is 12.2 Å². The zero-order valence-electron chi connectivity index (χ0n) is 10.7. The molecular weight excluding hydrogens is 252 g/mol. The Kier molecular flexibility index (Phi) is 2.78. The van der Waals surface area contributed by atoms with Gasteiger partial charge in [-0.2, -0.15) is 0 Å². The third-order valence-electron chi connectivity index (χ3n) is 2.90. The van der Waals surface area contributed by atoms with Crippen LogP contribution in [0.25, 0.3) is 10.2 Å². The molecule has 2 aromatic heterocycles. The number of thiophene rings is 1. The Balaban J connectivity index is 3.04. The van der Waals surface area contributed by atoms with E-state index in [1.54, 1.807) is 15.9 Å². The van der Waals surface area contributed by atoms with Crippen molar-refractivity contribution in [3.63, 3.8) is 0 Å². The van der Waals surface area contributed by atoms with E-state index >= 15 is 0 Å². The Labute approximate surface area is 109 Å². The molecular formula is C12H16N2OS2. The number of nitrogens with zero attached hydrogens (tertiary/aromatic N) is 1. The van der Waals surface area contributed by atoms with Crippen LogP contribution in [0.4, 0.5) is 0 Å². The van der Waals surface area contributed by atoms with E-state index in [0.717, 1.165) is 20.7 Å². The molecule has 0 aliphatic rings. The molecule has 0 saturated carbocycles. The largest absolute Gasteiger partial charge is 0.323 e. The summed E-state index contributed by atoms with van der Waals surface area (Å²) >= 11 is 6.87. The lowest BCUT2D eigenvalue weighted by Gasteiger charge is -2.22. The average Bonchev–Trinajstić information content (AvgIpc) is 2.39. The fourth-order valence-electron chi connectivity index (χ4n) is 1.94. The summed E-state index contributed by atoms with van der Waals surface area (Å²) in [5.74, 6) is 0. The summed E-state index contributed by atoms with van der Waals surface area (Å²) in [7, 11) is 0. The molecule has 17 heavy (non-hydrogen) atoms. The van der Waals surface area contributed by atoms with Crippen LogP contribution in [0.2, 0.25) is 0 Å². The van der Waals surface area contributed by atoms with Crippen LogP contribution in [0.15, 0.2) is 4.79 Å². The van der Waals surface area contributed by atoms with Crippen LogP contribution in [0.3, 0.4) is 0 Å². The first-order valence-corrected chi connectivity index (χ1v) is 6.71. The van der Waals surface area contributed by atoms with Gasteiger partial charge in [0.2, 0.25) is 0 Å². The monoisotopic (exact) mass is 268 g/mol. The molecule has 2 aromatic rings. The Bertz CT molecular complexity index is 698. The van der Waals surface area contributed by atoms with E-state index in [1.165, 1.54) is 0 Å². The highest BCUT2D eigenvalue weighted by molar-refractivity contribution is 7.71. The summed E-state index contributed by atoms with van der Waals surface area (Å²) in [6.45, 7) is 9.96. The van der Waals surface area contributed by atoms with Crippen molar-refractivity contribution in [2.24, 2.45) is 0 Å². The topological polar surface area (TPSA) is 37.8 Å². The van der Waals surface area contributed by atoms with Crippen molar-refractivity contribution in [3.8, 4) is 0 Å². The van der Waals surface area contributed by atoms with Gasteiger partial charge < -0.3 is 4.98 Å². The van der Waals surface area contributed by atoms with E-state index < -0.39 is 0 Å². The fraction of sp³-hybridized carbons (Fsp3) is 0.500. The van der Waals surface area contributed by atoms with E-state index in [9.17, 15) is 4.79 Å². The Morgan fingerprint density at radius 3 is 2.41 bits per heavy atom. The lowest BCUT2D eigenvalue weighted by Crippen LogP contribution is -2.35. The normalized spacial score (nSPS) is 12.3. The van der Waals surface area contributed by atoms with Gasteiger partial charge in [0.15, 0.2) is 4.77 Å². The molecule has 0 aliphatic heterocycles. The molecule has 0 radical (unpaired) electrons. The van der Waals surface area contributed by atoms with Crippen LogP contribution in [0.5, 0.6) is 0 Å². The maximum Gasteiger partial charge on any atom is 0.263 e. The van der Waals surface area contributed by atoms with Crippen molar-refractivity contribution < 1.29 is 0 Å². The van der Waals surface area contributed by atoms with Crippen LogP contribution < -0.4 is 5.56 Å². The van der Waals surface area contributed by atoms with Crippen molar-refractivity contribution in [3.05, 3.63) is 25.6 Å². The summed E-state index contributed by atoms with van der Waals surface area (Å²) in [4.78, 5) is 17.7. The van der Waals surface area contributed by atoms with E-state index in [2.05, 4.69) is 4.98 Å². The Morgan fingerprint density at radius 1 is 1.29 bits per heavy atom. The molecule has 0 unspecified atom stereocenters. The van der Waals surface area contributed by atoms with Gasteiger partial charge in [0.25, 0.3) is 5.56 Å². The van der Waals surface area contributed by atoms with Gasteiger partial charge in [-0.15, -0.1) is 11.3 Å². The van der Waals surface area contributed by atoms with Crippen LogP contribution in [-0.2, 0) is 5.54 Å². The van der Waals surface area contributed by atoms with Crippen molar-refractivity contribution in [2.75, 3.05) is 0 Å². The van der Waals surface area contributed by atoms with Crippen LogP contribution in [0.1, 0.15) is 31.2 Å². The van der Waals surface area contributed by atoms with Crippen LogP contribution in [-0.4, -0.2) is 9.55 Å². The smallest absolute Gasteiger partial charge is 0.263 e. The molecule has 0 aromatic carbocycles. The number of rotatable bonds is 0. The maximum atomic E-state index is 12.5. The fourth-order valence-corrected chi connectivity index (χ4v) is 3.51. The van der Waals surface area contributed by atoms with Crippen LogP contribution in [0, 0.1) is 18.6 Å². The van der Waals surface area contributed by atoms with Gasteiger partial charge in [0.1, 0.15) is 4.83 Å².